The largest absolute Gasteiger partial charge is 0.497 e. The number of hydrogen-bond donors (Lipinski definition) is 1. The first-order chi connectivity index (χ1) is 19.4. The number of aliphatic hydroxyl groups is 1. The van der Waals surface area contributed by atoms with Gasteiger partial charge in [0.2, 0.25) is 5.91 Å². The number of anilines is 1. The Kier molecular flexibility index (Phi) is 6.51. The number of nitrogens with zero attached hydrogens (tertiary/aromatic N) is 2. The highest BCUT2D eigenvalue weighted by Gasteiger charge is 2.76. The SMILES string of the molecule is CC[C@@]12C=CCOC(=O)[C@@H]1[C@H]1C(=O)N([C@H](CO)c3ccccc3)C3C(=O)N(c4ccc(OC)cc4)CC=C[C@@]31O2. The predicted octanol–water partition coefficient (Wildman–Crippen LogP) is 2.81. The molecule has 2 fully saturated rings. The zero-order chi connectivity index (χ0) is 28.1. The molecule has 208 valence electrons. The van der Waals surface area contributed by atoms with Gasteiger partial charge in [0, 0.05) is 12.2 Å². The number of amides is 2. The van der Waals surface area contributed by atoms with E-state index in [2.05, 4.69) is 0 Å². The van der Waals surface area contributed by atoms with Gasteiger partial charge in [-0.25, -0.2) is 0 Å². The van der Waals surface area contributed by atoms with Crippen molar-refractivity contribution in [3.8, 4) is 5.75 Å². The van der Waals surface area contributed by atoms with Crippen molar-refractivity contribution in [1.29, 1.82) is 0 Å². The lowest BCUT2D eigenvalue weighted by atomic mass is 9.73. The van der Waals surface area contributed by atoms with E-state index in [4.69, 9.17) is 14.2 Å². The number of methoxy groups -OCH3 is 1. The number of ether oxygens (including phenoxy) is 3. The van der Waals surface area contributed by atoms with Gasteiger partial charge in [0.05, 0.1) is 25.7 Å². The molecule has 0 radical (unpaired) electrons. The van der Waals surface area contributed by atoms with E-state index in [1.54, 1.807) is 48.4 Å². The van der Waals surface area contributed by atoms with Gasteiger partial charge in [-0.15, -0.1) is 0 Å². The van der Waals surface area contributed by atoms with E-state index in [1.807, 2.05) is 49.4 Å². The fourth-order valence-electron chi connectivity index (χ4n) is 6.89. The van der Waals surface area contributed by atoms with Crippen molar-refractivity contribution in [3.05, 3.63) is 84.5 Å². The molecule has 0 aromatic heterocycles. The quantitative estimate of drug-likeness (QED) is 0.441. The maximum Gasteiger partial charge on any atom is 0.313 e. The van der Waals surface area contributed by atoms with Crippen LogP contribution in [0.3, 0.4) is 0 Å². The maximum atomic E-state index is 14.6. The average Bonchev–Trinajstić information content (AvgIpc) is 3.26. The van der Waals surface area contributed by atoms with Crippen LogP contribution in [0.2, 0.25) is 0 Å². The summed E-state index contributed by atoms with van der Waals surface area (Å²) in [6, 6.07) is 14.3. The third kappa shape index (κ3) is 3.72. The lowest BCUT2D eigenvalue weighted by Crippen LogP contribution is -2.57. The topological polar surface area (TPSA) is 106 Å². The molecule has 1 spiro atoms. The number of cyclic esters (lactones) is 1. The summed E-state index contributed by atoms with van der Waals surface area (Å²) in [7, 11) is 1.57. The first-order valence-corrected chi connectivity index (χ1v) is 13.6. The number of carbonyl (C=O) groups excluding carboxylic acids is 3. The molecule has 0 aliphatic carbocycles. The molecule has 4 heterocycles. The second kappa shape index (κ2) is 9.91. The molecule has 0 saturated carbocycles. The van der Waals surface area contributed by atoms with E-state index in [-0.39, 0.29) is 19.1 Å². The Morgan fingerprint density at radius 2 is 1.75 bits per heavy atom. The van der Waals surface area contributed by atoms with Gasteiger partial charge in [0.15, 0.2) is 0 Å². The highest BCUT2D eigenvalue weighted by atomic mass is 16.6. The minimum Gasteiger partial charge on any atom is -0.497 e. The summed E-state index contributed by atoms with van der Waals surface area (Å²) in [5.74, 6) is -2.62. The highest BCUT2D eigenvalue weighted by molar-refractivity contribution is 6.06. The summed E-state index contributed by atoms with van der Waals surface area (Å²) in [5.41, 5.74) is -1.26. The fourth-order valence-corrected chi connectivity index (χ4v) is 6.89. The van der Waals surface area contributed by atoms with Crippen LogP contribution in [-0.2, 0) is 23.9 Å². The molecule has 2 aromatic rings. The van der Waals surface area contributed by atoms with Gasteiger partial charge in [0.1, 0.15) is 35.5 Å². The predicted molar refractivity (Wildman–Crippen MR) is 145 cm³/mol. The first kappa shape index (κ1) is 26.3. The smallest absolute Gasteiger partial charge is 0.313 e. The molecule has 9 nitrogen and oxygen atoms in total. The fraction of sp³-hybridized carbons (Fsp3) is 0.387. The molecule has 40 heavy (non-hydrogen) atoms. The van der Waals surface area contributed by atoms with E-state index in [9.17, 15) is 19.5 Å². The molecule has 6 atom stereocenters. The van der Waals surface area contributed by atoms with Gasteiger partial charge in [0.25, 0.3) is 5.91 Å². The number of hydrogen-bond acceptors (Lipinski definition) is 7. The molecule has 0 bridgehead atoms. The number of aliphatic hydroxyl groups excluding tert-OH is 1. The van der Waals surface area contributed by atoms with Gasteiger partial charge >= 0.3 is 5.97 Å². The molecule has 1 N–H and O–H groups in total. The molecule has 4 aliphatic rings. The van der Waals surface area contributed by atoms with E-state index >= 15 is 0 Å². The van der Waals surface area contributed by atoms with Gasteiger partial charge < -0.3 is 29.1 Å². The van der Waals surface area contributed by atoms with Crippen LogP contribution < -0.4 is 9.64 Å². The molecule has 6 rings (SSSR count). The third-order valence-corrected chi connectivity index (χ3v) is 8.71. The van der Waals surface area contributed by atoms with Gasteiger partial charge in [-0.3, -0.25) is 14.4 Å². The van der Waals surface area contributed by atoms with Crippen molar-refractivity contribution >= 4 is 23.5 Å². The Bertz CT molecular complexity index is 1370. The van der Waals surface area contributed by atoms with Gasteiger partial charge in [-0.1, -0.05) is 55.5 Å². The zero-order valence-corrected chi connectivity index (χ0v) is 22.4. The number of fused-ring (bicyclic) bond motifs is 2. The zero-order valence-electron chi connectivity index (χ0n) is 22.4. The van der Waals surface area contributed by atoms with Crippen molar-refractivity contribution in [3.63, 3.8) is 0 Å². The molecule has 2 saturated heterocycles. The second-order valence-corrected chi connectivity index (χ2v) is 10.6. The number of likely N-dealkylation sites (tertiary alicyclic amines) is 1. The van der Waals surface area contributed by atoms with E-state index < -0.39 is 53.6 Å². The minimum absolute atomic E-state index is 0.0881. The maximum absolute atomic E-state index is 14.6. The van der Waals surface area contributed by atoms with Crippen LogP contribution in [0, 0.1) is 11.8 Å². The van der Waals surface area contributed by atoms with E-state index in [1.165, 1.54) is 4.90 Å². The number of benzene rings is 2. The Labute approximate surface area is 232 Å². The summed E-state index contributed by atoms with van der Waals surface area (Å²) >= 11 is 0. The Balaban J connectivity index is 1.53. The molecular weight excluding hydrogens is 512 g/mol. The molecule has 2 aromatic carbocycles. The first-order valence-electron chi connectivity index (χ1n) is 13.6. The highest BCUT2D eigenvalue weighted by Crippen LogP contribution is 2.59. The normalized spacial score (nSPS) is 31.7. The molecular formula is C31H32N2O7. The van der Waals surface area contributed by atoms with Crippen LogP contribution >= 0.6 is 0 Å². The van der Waals surface area contributed by atoms with Crippen LogP contribution in [-0.4, -0.2) is 71.9 Å². The molecule has 9 heteroatoms. The van der Waals surface area contributed by atoms with Crippen LogP contribution in [0.25, 0.3) is 0 Å². The average molecular weight is 545 g/mol. The summed E-state index contributed by atoms with van der Waals surface area (Å²) in [5, 5.41) is 10.6. The van der Waals surface area contributed by atoms with Crippen molar-refractivity contribution in [2.45, 2.75) is 36.6 Å². The summed E-state index contributed by atoms with van der Waals surface area (Å²) in [6.45, 7) is 1.81. The van der Waals surface area contributed by atoms with Crippen molar-refractivity contribution in [2.75, 3.05) is 31.8 Å². The number of esters is 1. The molecule has 1 unspecified atom stereocenters. The number of rotatable bonds is 6. The monoisotopic (exact) mass is 544 g/mol. The Morgan fingerprint density at radius 1 is 1.00 bits per heavy atom. The van der Waals surface area contributed by atoms with E-state index in [0.717, 1.165) is 0 Å². The lowest BCUT2D eigenvalue weighted by Gasteiger charge is -2.40. The summed E-state index contributed by atoms with van der Waals surface area (Å²) < 4.78 is 17.7. The molecule has 4 aliphatic heterocycles. The van der Waals surface area contributed by atoms with Crippen molar-refractivity contribution in [1.82, 2.24) is 4.90 Å². The van der Waals surface area contributed by atoms with Crippen molar-refractivity contribution < 1.29 is 33.7 Å². The Morgan fingerprint density at radius 3 is 2.42 bits per heavy atom. The van der Waals surface area contributed by atoms with Crippen LogP contribution in [0.15, 0.2) is 78.9 Å². The van der Waals surface area contributed by atoms with Crippen LogP contribution in [0.1, 0.15) is 24.9 Å². The van der Waals surface area contributed by atoms with Crippen LogP contribution in [0.5, 0.6) is 5.75 Å². The Hall–Kier alpha value is -3.95. The lowest BCUT2D eigenvalue weighted by molar-refractivity contribution is -0.159. The van der Waals surface area contributed by atoms with Crippen molar-refractivity contribution in [2.24, 2.45) is 11.8 Å². The summed E-state index contributed by atoms with van der Waals surface area (Å²) in [6.07, 6.45) is 7.58. The van der Waals surface area contributed by atoms with Gasteiger partial charge in [-0.05, 0) is 42.3 Å². The molecule has 2 amide bonds. The van der Waals surface area contributed by atoms with Crippen LogP contribution in [0.4, 0.5) is 5.69 Å². The standard InChI is InChI=1S/C31H32N2O7/c1-3-30-15-8-18-39-29(37)25(30)24-27(35)33(23(19-34)20-9-5-4-6-10-20)26-28(36)32(17-7-16-31(24,26)40-30)21-11-13-22(38-2)14-12-21/h4-16,23-26,34H,3,17-19H2,1-2H3/t23-,24+,25+,26?,30-,31+/m1/s1. The summed E-state index contributed by atoms with van der Waals surface area (Å²) in [4.78, 5) is 45.7. The second-order valence-electron chi connectivity index (χ2n) is 10.6. The third-order valence-electron chi connectivity index (χ3n) is 8.71. The minimum atomic E-state index is -1.45. The number of carbonyl (C=O) groups is 3. The van der Waals surface area contributed by atoms with E-state index in [0.29, 0.717) is 23.4 Å². The van der Waals surface area contributed by atoms with Gasteiger partial charge in [-0.2, -0.15) is 0 Å².